The van der Waals surface area contributed by atoms with Crippen molar-refractivity contribution < 1.29 is 4.42 Å². The summed E-state index contributed by atoms with van der Waals surface area (Å²) in [4.78, 5) is 11.3. The van der Waals surface area contributed by atoms with E-state index in [9.17, 15) is 0 Å². The van der Waals surface area contributed by atoms with Crippen LogP contribution in [0.1, 0.15) is 36.1 Å². The van der Waals surface area contributed by atoms with Gasteiger partial charge in [-0.05, 0) is 56.8 Å². The van der Waals surface area contributed by atoms with Crippen LogP contribution < -0.4 is 0 Å². The average Bonchev–Trinajstić information content (AvgIpc) is 3.49. The normalized spacial score (nSPS) is 21.6. The van der Waals surface area contributed by atoms with Crippen molar-refractivity contribution in [2.24, 2.45) is 0 Å². The molecule has 7 heteroatoms. The molecule has 146 valence electrons. The quantitative estimate of drug-likeness (QED) is 0.505. The molecule has 1 unspecified atom stereocenters. The molecule has 1 spiro atoms. The summed E-state index contributed by atoms with van der Waals surface area (Å²) in [7, 11) is 0. The Labute approximate surface area is 169 Å². The Bertz CT molecular complexity index is 967. The number of likely N-dealkylation sites (tertiary alicyclic amines) is 1. The number of fused-ring (bicyclic) bond motifs is 2. The van der Waals surface area contributed by atoms with Crippen LogP contribution in [0.5, 0.6) is 0 Å². The summed E-state index contributed by atoms with van der Waals surface area (Å²) in [6.45, 7) is 5.48. The summed E-state index contributed by atoms with van der Waals surface area (Å²) in [6, 6.07) is 9.06. The molecule has 1 N–H and O–H groups in total. The molecular formula is C21H25N5OS. The summed E-state index contributed by atoms with van der Waals surface area (Å²) < 4.78 is 5.37. The van der Waals surface area contributed by atoms with E-state index in [0.717, 1.165) is 29.6 Å². The summed E-state index contributed by atoms with van der Waals surface area (Å²) in [5, 5.41) is 8.01. The smallest absolute Gasteiger partial charge is 0.208 e. The molecule has 1 aliphatic carbocycles. The lowest BCUT2D eigenvalue weighted by molar-refractivity contribution is 0.310. The van der Waals surface area contributed by atoms with Gasteiger partial charge in [-0.3, -0.25) is 5.10 Å². The summed E-state index contributed by atoms with van der Waals surface area (Å²) in [6.07, 6.45) is 6.45. The molecule has 6 nitrogen and oxygen atoms in total. The van der Waals surface area contributed by atoms with E-state index in [2.05, 4.69) is 49.3 Å². The van der Waals surface area contributed by atoms with Crippen molar-refractivity contribution in [2.45, 2.75) is 43.2 Å². The fourth-order valence-electron chi connectivity index (χ4n) is 4.73. The largest absolute Gasteiger partial charge is 0.440 e. The third-order valence-corrected chi connectivity index (χ3v) is 7.10. The van der Waals surface area contributed by atoms with E-state index in [1.165, 1.54) is 38.7 Å². The molecule has 1 atom stereocenters. The van der Waals surface area contributed by atoms with Crippen LogP contribution in [0, 0.1) is 6.92 Å². The van der Waals surface area contributed by atoms with Crippen LogP contribution in [0.2, 0.25) is 0 Å². The molecule has 2 aromatic heterocycles. The molecule has 3 aromatic rings. The third-order valence-electron chi connectivity index (χ3n) is 6.17. The Hall–Kier alpha value is -2.12. The first-order valence-corrected chi connectivity index (χ1v) is 11.0. The standard InChI is InChI=1S/C21H25N5OS/c1-15-18(27-14-22-15)19-23-20(25-24-19)28-12-4-10-26-11-9-21(13-26)8-7-16-5-2-3-6-17(16)21/h2-3,5-6,14H,4,7-13H2,1H3,(H,23,24,25). The van der Waals surface area contributed by atoms with E-state index in [1.807, 2.05) is 6.92 Å². The molecule has 1 aromatic carbocycles. The lowest BCUT2D eigenvalue weighted by atomic mass is 9.81. The van der Waals surface area contributed by atoms with Gasteiger partial charge in [-0.15, -0.1) is 5.10 Å². The van der Waals surface area contributed by atoms with Crippen molar-refractivity contribution in [3.8, 4) is 11.6 Å². The van der Waals surface area contributed by atoms with E-state index in [-0.39, 0.29) is 0 Å². The van der Waals surface area contributed by atoms with Gasteiger partial charge in [0.2, 0.25) is 5.16 Å². The molecule has 0 bridgehead atoms. The van der Waals surface area contributed by atoms with Crippen LogP contribution in [0.15, 0.2) is 40.2 Å². The first-order valence-electron chi connectivity index (χ1n) is 10.00. The van der Waals surface area contributed by atoms with Crippen LogP contribution in [-0.4, -0.2) is 50.5 Å². The maximum Gasteiger partial charge on any atom is 0.208 e. The van der Waals surface area contributed by atoms with Crippen molar-refractivity contribution in [3.05, 3.63) is 47.5 Å². The van der Waals surface area contributed by atoms with Gasteiger partial charge < -0.3 is 9.32 Å². The Kier molecular flexibility index (Phi) is 4.72. The van der Waals surface area contributed by atoms with Crippen molar-refractivity contribution in [1.82, 2.24) is 25.1 Å². The highest BCUT2D eigenvalue weighted by atomic mass is 32.2. The zero-order valence-corrected chi connectivity index (χ0v) is 17.0. The van der Waals surface area contributed by atoms with Crippen LogP contribution in [0.25, 0.3) is 11.6 Å². The van der Waals surface area contributed by atoms with Crippen molar-refractivity contribution >= 4 is 11.8 Å². The van der Waals surface area contributed by atoms with E-state index in [1.54, 1.807) is 22.9 Å². The number of thioether (sulfide) groups is 1. The second-order valence-electron chi connectivity index (χ2n) is 7.90. The minimum Gasteiger partial charge on any atom is -0.440 e. The molecule has 0 radical (unpaired) electrons. The number of H-pyrrole nitrogens is 1. The molecule has 0 saturated carbocycles. The van der Waals surface area contributed by atoms with Crippen LogP contribution in [-0.2, 0) is 11.8 Å². The number of aromatic nitrogens is 4. The van der Waals surface area contributed by atoms with Crippen LogP contribution in [0.3, 0.4) is 0 Å². The third kappa shape index (κ3) is 3.26. The molecule has 1 saturated heterocycles. The van der Waals surface area contributed by atoms with Gasteiger partial charge in [-0.25, -0.2) is 4.98 Å². The van der Waals surface area contributed by atoms with Crippen LogP contribution >= 0.6 is 11.8 Å². The Morgan fingerprint density at radius 3 is 3.11 bits per heavy atom. The molecule has 2 aliphatic rings. The lowest BCUT2D eigenvalue weighted by Gasteiger charge is -2.25. The van der Waals surface area contributed by atoms with Gasteiger partial charge in [0.05, 0.1) is 5.69 Å². The highest BCUT2D eigenvalue weighted by Crippen LogP contribution is 2.45. The maximum absolute atomic E-state index is 5.37. The van der Waals surface area contributed by atoms with E-state index < -0.39 is 0 Å². The van der Waals surface area contributed by atoms with Gasteiger partial charge in [0.25, 0.3) is 0 Å². The SMILES string of the molecule is Cc1ncoc1-c1nc(SCCCN2CCC3(CCc4ccccc43)C2)n[nH]1. The zero-order chi connectivity index (χ0) is 19.0. The first-order chi connectivity index (χ1) is 13.7. The Balaban J connectivity index is 1.11. The molecule has 1 fully saturated rings. The van der Waals surface area contributed by atoms with Crippen molar-refractivity contribution in [1.29, 1.82) is 0 Å². The number of benzene rings is 1. The summed E-state index contributed by atoms with van der Waals surface area (Å²) >= 11 is 1.70. The second kappa shape index (κ2) is 7.37. The number of aromatic amines is 1. The zero-order valence-electron chi connectivity index (χ0n) is 16.1. The topological polar surface area (TPSA) is 70.8 Å². The Morgan fingerprint density at radius 1 is 1.29 bits per heavy atom. The predicted molar refractivity (Wildman–Crippen MR) is 109 cm³/mol. The summed E-state index contributed by atoms with van der Waals surface area (Å²) in [5.41, 5.74) is 4.42. The minimum atomic E-state index is 0.414. The monoisotopic (exact) mass is 395 g/mol. The van der Waals surface area contributed by atoms with Gasteiger partial charge >= 0.3 is 0 Å². The number of hydrogen-bond donors (Lipinski definition) is 1. The maximum atomic E-state index is 5.37. The summed E-state index contributed by atoms with van der Waals surface area (Å²) in [5.74, 6) is 2.34. The van der Waals surface area contributed by atoms with Crippen molar-refractivity contribution in [2.75, 3.05) is 25.4 Å². The fraction of sp³-hybridized carbons (Fsp3) is 0.476. The lowest BCUT2D eigenvalue weighted by Crippen LogP contribution is -2.29. The molecule has 1 aliphatic heterocycles. The molecule has 28 heavy (non-hydrogen) atoms. The van der Waals surface area contributed by atoms with Gasteiger partial charge in [0.15, 0.2) is 18.0 Å². The second-order valence-corrected chi connectivity index (χ2v) is 8.96. The molecular weight excluding hydrogens is 370 g/mol. The van der Waals surface area contributed by atoms with Gasteiger partial charge in [0.1, 0.15) is 0 Å². The van der Waals surface area contributed by atoms with Gasteiger partial charge in [-0.2, -0.15) is 4.98 Å². The number of rotatable bonds is 6. The van der Waals surface area contributed by atoms with Gasteiger partial charge in [0, 0.05) is 17.7 Å². The predicted octanol–water partition coefficient (Wildman–Crippen LogP) is 3.84. The average molecular weight is 396 g/mol. The first kappa shape index (κ1) is 17.9. The number of nitrogens with one attached hydrogen (secondary N) is 1. The van der Waals surface area contributed by atoms with E-state index in [4.69, 9.17) is 4.42 Å². The fourth-order valence-corrected chi connectivity index (χ4v) is 5.45. The van der Waals surface area contributed by atoms with Gasteiger partial charge in [-0.1, -0.05) is 36.0 Å². The highest BCUT2D eigenvalue weighted by Gasteiger charge is 2.43. The van der Waals surface area contributed by atoms with Crippen LogP contribution in [0.4, 0.5) is 0 Å². The minimum absolute atomic E-state index is 0.414. The van der Waals surface area contributed by atoms with Crippen molar-refractivity contribution in [3.63, 3.8) is 0 Å². The van der Waals surface area contributed by atoms with E-state index >= 15 is 0 Å². The number of aryl methyl sites for hydroxylation is 2. The number of nitrogens with zero attached hydrogens (tertiary/aromatic N) is 4. The number of oxazole rings is 1. The van der Waals surface area contributed by atoms with E-state index in [0.29, 0.717) is 17.0 Å². The molecule has 5 rings (SSSR count). The molecule has 3 heterocycles. The number of hydrogen-bond acceptors (Lipinski definition) is 6. The Morgan fingerprint density at radius 2 is 2.21 bits per heavy atom. The molecule has 0 amide bonds. The highest BCUT2D eigenvalue weighted by molar-refractivity contribution is 7.99.